The van der Waals surface area contributed by atoms with Crippen LogP contribution < -0.4 is 5.43 Å². The lowest BCUT2D eigenvalue weighted by atomic mass is 10.2. The van der Waals surface area contributed by atoms with Gasteiger partial charge >= 0.3 is 0 Å². The average Bonchev–Trinajstić information content (AvgIpc) is 2.94. The smallest absolute Gasteiger partial charge is 0.254 e. The highest BCUT2D eigenvalue weighted by Crippen LogP contribution is 2.21. The summed E-state index contributed by atoms with van der Waals surface area (Å²) in [5.41, 5.74) is 5.59. The zero-order valence-corrected chi connectivity index (χ0v) is 13.0. The minimum absolute atomic E-state index is 0.201. The third-order valence-electron chi connectivity index (χ3n) is 3.65. The summed E-state index contributed by atoms with van der Waals surface area (Å²) >= 11 is 0. The first-order chi connectivity index (χ1) is 11.8. The minimum Gasteiger partial charge on any atom is -0.342 e. The average molecular weight is 316 g/mol. The molecule has 5 heteroatoms. The van der Waals surface area contributed by atoms with E-state index in [1.807, 2.05) is 42.6 Å². The van der Waals surface area contributed by atoms with Gasteiger partial charge in [-0.25, -0.2) is 5.43 Å². The number of hydrogen-bond acceptors (Lipinski definition) is 3. The predicted molar refractivity (Wildman–Crippen MR) is 93.4 cm³/mol. The number of para-hydroxylation sites is 1. The van der Waals surface area contributed by atoms with E-state index in [0.717, 1.165) is 23.0 Å². The van der Waals surface area contributed by atoms with Crippen LogP contribution >= 0.6 is 0 Å². The molecule has 0 saturated carbocycles. The first kappa shape index (κ1) is 15.5. The van der Waals surface area contributed by atoms with Gasteiger partial charge in [0.2, 0.25) is 0 Å². The van der Waals surface area contributed by atoms with E-state index in [1.165, 1.54) is 5.56 Å². The van der Waals surface area contributed by atoms with Crippen LogP contribution in [0.2, 0.25) is 0 Å². The maximum Gasteiger partial charge on any atom is 0.254 e. The number of rotatable bonds is 5. The van der Waals surface area contributed by atoms with Crippen LogP contribution in [0.25, 0.3) is 10.9 Å². The molecule has 0 atom stereocenters. The standard InChI is InChI=1S/C19H16N4O/c20-11-10-19(24)22-21-12-16-14-23(13-15-6-2-1-3-7-15)18-9-5-4-8-17(16)18/h1-9,12,14H,10,13H2,(H,22,24)/b21-12-. The first-order valence-corrected chi connectivity index (χ1v) is 7.58. The van der Waals surface area contributed by atoms with E-state index in [0.29, 0.717) is 0 Å². The number of amides is 1. The van der Waals surface area contributed by atoms with Gasteiger partial charge in [-0.05, 0) is 11.6 Å². The molecule has 0 aliphatic rings. The van der Waals surface area contributed by atoms with Crippen molar-refractivity contribution < 1.29 is 4.79 Å². The van der Waals surface area contributed by atoms with Crippen LogP contribution in [-0.2, 0) is 11.3 Å². The largest absolute Gasteiger partial charge is 0.342 e. The van der Waals surface area contributed by atoms with Crippen molar-refractivity contribution in [2.24, 2.45) is 5.10 Å². The zero-order chi connectivity index (χ0) is 16.8. The van der Waals surface area contributed by atoms with E-state index in [2.05, 4.69) is 33.3 Å². The Kier molecular flexibility index (Phi) is 4.68. The highest BCUT2D eigenvalue weighted by Gasteiger charge is 2.07. The van der Waals surface area contributed by atoms with E-state index in [9.17, 15) is 4.79 Å². The van der Waals surface area contributed by atoms with Gasteiger partial charge < -0.3 is 4.57 Å². The second kappa shape index (κ2) is 7.25. The summed E-state index contributed by atoms with van der Waals surface area (Å²) in [6, 6.07) is 20.1. The number of hydrazone groups is 1. The van der Waals surface area contributed by atoms with Crippen LogP contribution in [0.1, 0.15) is 17.5 Å². The van der Waals surface area contributed by atoms with E-state index in [4.69, 9.17) is 5.26 Å². The molecule has 0 saturated heterocycles. The Morgan fingerprint density at radius 3 is 2.71 bits per heavy atom. The Hall–Kier alpha value is -3.39. The van der Waals surface area contributed by atoms with Gasteiger partial charge in [0.05, 0.1) is 12.3 Å². The number of nitrogens with zero attached hydrogens (tertiary/aromatic N) is 3. The molecule has 0 aliphatic carbocycles. The number of hydrogen-bond donors (Lipinski definition) is 1. The normalized spacial score (nSPS) is 10.8. The lowest BCUT2D eigenvalue weighted by Gasteiger charge is -2.05. The minimum atomic E-state index is -0.415. The molecule has 0 aliphatic heterocycles. The molecular formula is C19H16N4O. The first-order valence-electron chi connectivity index (χ1n) is 7.58. The quantitative estimate of drug-likeness (QED) is 0.580. The topological polar surface area (TPSA) is 70.2 Å². The number of fused-ring (bicyclic) bond motifs is 1. The lowest BCUT2D eigenvalue weighted by molar-refractivity contribution is -0.120. The molecule has 1 N–H and O–H groups in total. The monoisotopic (exact) mass is 316 g/mol. The molecule has 0 radical (unpaired) electrons. The third kappa shape index (κ3) is 3.50. The van der Waals surface area contributed by atoms with Crippen molar-refractivity contribution in [3.05, 3.63) is 71.9 Å². The number of nitrogens with one attached hydrogen (secondary N) is 1. The fraction of sp³-hybridized carbons (Fsp3) is 0.105. The van der Waals surface area contributed by atoms with Crippen molar-refractivity contribution >= 4 is 23.0 Å². The fourth-order valence-electron chi connectivity index (χ4n) is 2.57. The van der Waals surface area contributed by atoms with Crippen LogP contribution in [0.15, 0.2) is 65.9 Å². The summed E-state index contributed by atoms with van der Waals surface area (Å²) < 4.78 is 2.16. The van der Waals surface area contributed by atoms with E-state index in [-0.39, 0.29) is 6.42 Å². The Balaban J connectivity index is 1.88. The summed E-state index contributed by atoms with van der Waals surface area (Å²) in [4.78, 5) is 11.3. The number of carbonyl (C=O) groups excluding carboxylic acids is 1. The van der Waals surface area contributed by atoms with E-state index < -0.39 is 5.91 Å². The molecule has 24 heavy (non-hydrogen) atoms. The molecule has 0 spiro atoms. The summed E-state index contributed by atoms with van der Waals surface area (Å²) in [5.74, 6) is -0.415. The molecule has 3 aromatic rings. The number of carbonyl (C=O) groups is 1. The second-order valence-corrected chi connectivity index (χ2v) is 5.34. The Labute approximate surface area is 139 Å². The molecule has 0 bridgehead atoms. The van der Waals surface area contributed by atoms with Crippen molar-refractivity contribution in [2.45, 2.75) is 13.0 Å². The van der Waals surface area contributed by atoms with Crippen molar-refractivity contribution in [3.8, 4) is 6.07 Å². The molecule has 0 fully saturated rings. The molecule has 1 aromatic heterocycles. The molecule has 5 nitrogen and oxygen atoms in total. The highest BCUT2D eigenvalue weighted by molar-refractivity contribution is 5.99. The van der Waals surface area contributed by atoms with Gasteiger partial charge in [-0.15, -0.1) is 0 Å². The predicted octanol–water partition coefficient (Wildman–Crippen LogP) is 3.05. The Bertz CT molecular complexity index is 919. The Morgan fingerprint density at radius 2 is 1.92 bits per heavy atom. The fourth-order valence-corrected chi connectivity index (χ4v) is 2.57. The van der Waals surface area contributed by atoms with Gasteiger partial charge in [0.1, 0.15) is 6.42 Å². The zero-order valence-electron chi connectivity index (χ0n) is 13.0. The van der Waals surface area contributed by atoms with Gasteiger partial charge in [0.15, 0.2) is 0 Å². The van der Waals surface area contributed by atoms with Crippen molar-refractivity contribution in [1.29, 1.82) is 5.26 Å². The molecule has 2 aromatic carbocycles. The van der Waals surface area contributed by atoms with Crippen LogP contribution in [0, 0.1) is 11.3 Å². The van der Waals surface area contributed by atoms with Crippen molar-refractivity contribution in [2.75, 3.05) is 0 Å². The molecule has 1 heterocycles. The van der Waals surface area contributed by atoms with Gasteiger partial charge in [0.25, 0.3) is 5.91 Å². The van der Waals surface area contributed by atoms with Crippen LogP contribution in [0.4, 0.5) is 0 Å². The van der Waals surface area contributed by atoms with Gasteiger partial charge in [-0.1, -0.05) is 48.5 Å². The molecule has 1 amide bonds. The SMILES string of the molecule is N#CCC(=O)N/N=C\c1cn(Cc2ccccc2)c2ccccc12. The summed E-state index contributed by atoms with van der Waals surface area (Å²) in [6.45, 7) is 0.760. The number of benzene rings is 2. The number of nitriles is 1. The van der Waals surface area contributed by atoms with E-state index >= 15 is 0 Å². The van der Waals surface area contributed by atoms with Crippen molar-refractivity contribution in [1.82, 2.24) is 9.99 Å². The lowest BCUT2D eigenvalue weighted by Crippen LogP contribution is -2.16. The summed E-state index contributed by atoms with van der Waals surface area (Å²) in [5, 5.41) is 13.5. The Morgan fingerprint density at radius 1 is 1.17 bits per heavy atom. The summed E-state index contributed by atoms with van der Waals surface area (Å²) in [7, 11) is 0. The van der Waals surface area contributed by atoms with Gasteiger partial charge in [0, 0.05) is 29.2 Å². The van der Waals surface area contributed by atoms with Crippen LogP contribution in [0.3, 0.4) is 0 Å². The number of aromatic nitrogens is 1. The van der Waals surface area contributed by atoms with E-state index in [1.54, 1.807) is 12.3 Å². The van der Waals surface area contributed by atoms with Crippen LogP contribution in [0.5, 0.6) is 0 Å². The van der Waals surface area contributed by atoms with Crippen molar-refractivity contribution in [3.63, 3.8) is 0 Å². The molecule has 0 unspecified atom stereocenters. The maximum atomic E-state index is 11.3. The maximum absolute atomic E-state index is 11.3. The second-order valence-electron chi connectivity index (χ2n) is 5.34. The van der Waals surface area contributed by atoms with Crippen LogP contribution in [-0.4, -0.2) is 16.7 Å². The molecule has 3 rings (SSSR count). The van der Waals surface area contributed by atoms with Gasteiger partial charge in [-0.2, -0.15) is 10.4 Å². The van der Waals surface area contributed by atoms with Gasteiger partial charge in [-0.3, -0.25) is 4.79 Å². The highest BCUT2D eigenvalue weighted by atomic mass is 16.2. The molecule has 118 valence electrons. The molecular weight excluding hydrogens is 300 g/mol. The third-order valence-corrected chi connectivity index (χ3v) is 3.65. The summed E-state index contributed by atoms with van der Waals surface area (Å²) in [6.07, 6.45) is 3.42.